The van der Waals surface area contributed by atoms with E-state index in [9.17, 15) is 9.59 Å². The van der Waals surface area contributed by atoms with Gasteiger partial charge in [-0.2, -0.15) is 0 Å². The van der Waals surface area contributed by atoms with Crippen molar-refractivity contribution in [2.75, 3.05) is 20.4 Å². The van der Waals surface area contributed by atoms with E-state index in [1.807, 2.05) is 0 Å². The van der Waals surface area contributed by atoms with E-state index in [-0.39, 0.29) is 13.3 Å². The first-order chi connectivity index (χ1) is 10.1. The standard InChI is InChI=1S/C14H15NO6/c1-19-12(14(17)18)7-15-13(16)5-3-9-2-4-10-11(6-9)21-8-20-10/h2-6,12H,7-8H2,1H3,(H,15,16)(H,17,18)/b5-3+. The number of hydrogen-bond acceptors (Lipinski definition) is 5. The lowest BCUT2D eigenvalue weighted by atomic mass is 10.2. The van der Waals surface area contributed by atoms with Crippen molar-refractivity contribution in [2.45, 2.75) is 6.10 Å². The molecule has 0 aliphatic carbocycles. The minimum absolute atomic E-state index is 0.101. The molecule has 0 spiro atoms. The Balaban J connectivity index is 1.89. The third-order valence-electron chi connectivity index (χ3n) is 2.85. The lowest BCUT2D eigenvalue weighted by molar-refractivity contribution is -0.148. The molecule has 1 aromatic rings. The molecule has 0 radical (unpaired) electrons. The zero-order chi connectivity index (χ0) is 15.2. The van der Waals surface area contributed by atoms with Crippen LogP contribution in [0, 0.1) is 0 Å². The van der Waals surface area contributed by atoms with Crippen LogP contribution in [0.15, 0.2) is 24.3 Å². The van der Waals surface area contributed by atoms with Gasteiger partial charge in [-0.05, 0) is 23.8 Å². The van der Waals surface area contributed by atoms with Crippen LogP contribution in [0.5, 0.6) is 11.5 Å². The first-order valence-electron chi connectivity index (χ1n) is 6.21. The zero-order valence-electron chi connectivity index (χ0n) is 11.4. The Hall–Kier alpha value is -2.54. The molecule has 2 N–H and O–H groups in total. The fourth-order valence-electron chi connectivity index (χ4n) is 1.71. The molecule has 0 aromatic heterocycles. The highest BCUT2D eigenvalue weighted by molar-refractivity contribution is 5.92. The first-order valence-corrected chi connectivity index (χ1v) is 6.21. The van der Waals surface area contributed by atoms with Crippen molar-refractivity contribution >= 4 is 18.0 Å². The van der Waals surface area contributed by atoms with Crippen molar-refractivity contribution in [3.63, 3.8) is 0 Å². The molecule has 0 bridgehead atoms. The maximum atomic E-state index is 11.6. The van der Waals surface area contributed by atoms with Crippen LogP contribution in [-0.2, 0) is 14.3 Å². The van der Waals surface area contributed by atoms with E-state index in [4.69, 9.17) is 19.3 Å². The molecule has 1 atom stereocenters. The van der Waals surface area contributed by atoms with Crippen LogP contribution in [0.4, 0.5) is 0 Å². The van der Waals surface area contributed by atoms with Gasteiger partial charge in [0.2, 0.25) is 12.7 Å². The number of amides is 1. The normalized spacial score (nSPS) is 14.1. The molecule has 1 amide bonds. The Morgan fingerprint density at radius 2 is 2.19 bits per heavy atom. The summed E-state index contributed by atoms with van der Waals surface area (Å²) in [5.74, 6) is -0.239. The number of carboxylic acids is 1. The highest BCUT2D eigenvalue weighted by Crippen LogP contribution is 2.32. The second kappa shape index (κ2) is 6.76. The Bertz CT molecular complexity index is 569. The lowest BCUT2D eigenvalue weighted by Crippen LogP contribution is -2.37. The van der Waals surface area contributed by atoms with Gasteiger partial charge < -0.3 is 24.6 Å². The summed E-state index contributed by atoms with van der Waals surface area (Å²) >= 11 is 0. The molecule has 2 rings (SSSR count). The van der Waals surface area contributed by atoms with Crippen LogP contribution in [0.2, 0.25) is 0 Å². The Kier molecular flexibility index (Phi) is 4.78. The van der Waals surface area contributed by atoms with Crippen LogP contribution in [0.1, 0.15) is 5.56 Å². The number of fused-ring (bicyclic) bond motifs is 1. The zero-order valence-corrected chi connectivity index (χ0v) is 11.4. The Morgan fingerprint density at radius 3 is 2.90 bits per heavy atom. The minimum atomic E-state index is -1.13. The van der Waals surface area contributed by atoms with Crippen LogP contribution in [0.3, 0.4) is 0 Å². The Labute approximate surface area is 121 Å². The highest BCUT2D eigenvalue weighted by atomic mass is 16.7. The molecular weight excluding hydrogens is 278 g/mol. The summed E-state index contributed by atoms with van der Waals surface area (Å²) in [5, 5.41) is 11.2. The summed E-state index contributed by atoms with van der Waals surface area (Å²) in [4.78, 5) is 22.3. The maximum absolute atomic E-state index is 11.6. The minimum Gasteiger partial charge on any atom is -0.479 e. The largest absolute Gasteiger partial charge is 0.479 e. The molecule has 7 heteroatoms. The quantitative estimate of drug-likeness (QED) is 0.748. The van der Waals surface area contributed by atoms with E-state index in [2.05, 4.69) is 5.32 Å². The Morgan fingerprint density at radius 1 is 1.43 bits per heavy atom. The average Bonchev–Trinajstić information content (AvgIpc) is 2.92. The molecule has 21 heavy (non-hydrogen) atoms. The van der Waals surface area contributed by atoms with E-state index in [0.717, 1.165) is 5.56 Å². The van der Waals surface area contributed by atoms with Gasteiger partial charge in [-0.25, -0.2) is 4.79 Å². The molecular formula is C14H15NO6. The number of carboxylic acid groups (broad SMARTS) is 1. The fourth-order valence-corrected chi connectivity index (χ4v) is 1.71. The summed E-state index contributed by atoms with van der Waals surface area (Å²) in [6.45, 7) is 0.0900. The van der Waals surface area contributed by atoms with Crippen molar-refractivity contribution < 1.29 is 28.9 Å². The van der Waals surface area contributed by atoms with Gasteiger partial charge in [0.15, 0.2) is 17.6 Å². The molecule has 0 saturated carbocycles. The van der Waals surface area contributed by atoms with Crippen molar-refractivity contribution in [3.8, 4) is 11.5 Å². The number of hydrogen-bond donors (Lipinski definition) is 2. The number of benzene rings is 1. The first kappa shape index (κ1) is 14.9. The van der Waals surface area contributed by atoms with Gasteiger partial charge in [-0.1, -0.05) is 6.07 Å². The molecule has 7 nitrogen and oxygen atoms in total. The monoisotopic (exact) mass is 293 g/mol. The van der Waals surface area contributed by atoms with Crippen LogP contribution >= 0.6 is 0 Å². The summed E-state index contributed by atoms with van der Waals surface area (Å²) in [6, 6.07) is 5.29. The molecule has 1 heterocycles. The third-order valence-corrected chi connectivity index (χ3v) is 2.85. The molecule has 1 aliphatic heterocycles. The van der Waals surface area contributed by atoms with Crippen molar-refractivity contribution in [2.24, 2.45) is 0 Å². The molecule has 0 fully saturated rings. The van der Waals surface area contributed by atoms with Gasteiger partial charge in [0.25, 0.3) is 0 Å². The maximum Gasteiger partial charge on any atom is 0.334 e. The number of carbonyl (C=O) groups is 2. The van der Waals surface area contributed by atoms with Crippen molar-refractivity contribution in [1.82, 2.24) is 5.32 Å². The summed E-state index contributed by atoms with van der Waals surface area (Å²) in [5.41, 5.74) is 0.774. The number of methoxy groups -OCH3 is 1. The molecule has 1 aromatic carbocycles. The van der Waals surface area contributed by atoms with E-state index in [0.29, 0.717) is 11.5 Å². The number of nitrogens with one attached hydrogen (secondary N) is 1. The second-order valence-electron chi connectivity index (χ2n) is 4.25. The predicted molar refractivity (Wildman–Crippen MR) is 73.0 cm³/mol. The number of carbonyl (C=O) groups excluding carboxylic acids is 1. The number of ether oxygens (including phenoxy) is 3. The predicted octanol–water partition coefficient (Wildman–Crippen LogP) is 0.644. The van der Waals surface area contributed by atoms with Crippen LogP contribution < -0.4 is 14.8 Å². The molecule has 0 saturated heterocycles. The smallest absolute Gasteiger partial charge is 0.334 e. The van der Waals surface area contributed by atoms with Gasteiger partial charge in [0.1, 0.15) is 0 Å². The van der Waals surface area contributed by atoms with Gasteiger partial charge in [0.05, 0.1) is 6.54 Å². The van der Waals surface area contributed by atoms with Crippen molar-refractivity contribution in [1.29, 1.82) is 0 Å². The van der Waals surface area contributed by atoms with Gasteiger partial charge in [-0.3, -0.25) is 4.79 Å². The summed E-state index contributed by atoms with van der Waals surface area (Å²) in [7, 11) is 1.27. The SMILES string of the molecule is COC(CNC(=O)/C=C/c1ccc2c(c1)OCO2)C(=O)O. The number of aliphatic carboxylic acids is 1. The van der Waals surface area contributed by atoms with Gasteiger partial charge >= 0.3 is 5.97 Å². The highest BCUT2D eigenvalue weighted by Gasteiger charge is 2.16. The van der Waals surface area contributed by atoms with Crippen LogP contribution in [0.25, 0.3) is 6.08 Å². The molecule has 1 unspecified atom stereocenters. The number of rotatable bonds is 6. The molecule has 112 valence electrons. The topological polar surface area (TPSA) is 94.1 Å². The van der Waals surface area contributed by atoms with Crippen LogP contribution in [-0.4, -0.2) is 43.5 Å². The van der Waals surface area contributed by atoms with E-state index < -0.39 is 18.0 Å². The summed E-state index contributed by atoms with van der Waals surface area (Å²) in [6.07, 6.45) is 1.85. The van der Waals surface area contributed by atoms with E-state index in [1.165, 1.54) is 13.2 Å². The van der Waals surface area contributed by atoms with Gasteiger partial charge in [0, 0.05) is 13.2 Å². The van der Waals surface area contributed by atoms with Crippen molar-refractivity contribution in [3.05, 3.63) is 29.8 Å². The van der Waals surface area contributed by atoms with E-state index in [1.54, 1.807) is 24.3 Å². The van der Waals surface area contributed by atoms with Gasteiger partial charge in [-0.15, -0.1) is 0 Å². The average molecular weight is 293 g/mol. The summed E-state index contributed by atoms with van der Waals surface area (Å²) < 4.78 is 15.1. The third kappa shape index (κ3) is 3.96. The second-order valence-corrected chi connectivity index (χ2v) is 4.25. The van der Waals surface area contributed by atoms with E-state index >= 15 is 0 Å². The lowest BCUT2D eigenvalue weighted by Gasteiger charge is -2.10. The fraction of sp³-hybridized carbons (Fsp3) is 0.286. The molecule has 1 aliphatic rings.